The Morgan fingerprint density at radius 2 is 2.17 bits per heavy atom. The fourth-order valence-corrected chi connectivity index (χ4v) is 1.76. The fraction of sp³-hybridized carbons (Fsp3) is 0.455. The molecule has 1 saturated heterocycles. The zero-order valence-corrected chi connectivity index (χ0v) is 11.4. The zero-order chi connectivity index (χ0) is 11.4. The lowest BCUT2D eigenvalue weighted by molar-refractivity contribution is -0.124. The van der Waals surface area contributed by atoms with Gasteiger partial charge in [-0.1, -0.05) is 6.07 Å². The van der Waals surface area contributed by atoms with Crippen LogP contribution in [0.1, 0.15) is 12.0 Å². The van der Waals surface area contributed by atoms with Gasteiger partial charge in [0, 0.05) is 25.4 Å². The summed E-state index contributed by atoms with van der Waals surface area (Å²) in [6.07, 6.45) is 2.52. The summed E-state index contributed by atoms with van der Waals surface area (Å²) < 4.78 is 0. The predicted molar refractivity (Wildman–Crippen MR) is 74.4 cm³/mol. The highest BCUT2D eigenvalue weighted by molar-refractivity contribution is 5.85. The average Bonchev–Trinajstić information content (AvgIpc) is 2.81. The molecule has 2 heterocycles. The Labute approximate surface area is 118 Å². The van der Waals surface area contributed by atoms with Crippen LogP contribution in [0.5, 0.6) is 0 Å². The number of hydrogen-bond acceptors (Lipinski definition) is 3. The summed E-state index contributed by atoms with van der Waals surface area (Å²) in [5, 5.41) is 6.01. The lowest BCUT2D eigenvalue weighted by Crippen LogP contribution is -2.31. The second-order valence-electron chi connectivity index (χ2n) is 3.97. The number of aromatic nitrogens is 1. The molecule has 1 aliphatic rings. The Hall–Kier alpha value is -1.04. The second kappa shape index (κ2) is 8.13. The van der Waals surface area contributed by atoms with Crippen molar-refractivity contribution in [3.8, 4) is 0 Å². The zero-order valence-electron chi connectivity index (χ0n) is 9.77. The van der Waals surface area contributed by atoms with E-state index in [2.05, 4.69) is 15.6 Å². The fourth-order valence-electron chi connectivity index (χ4n) is 1.76. The van der Waals surface area contributed by atoms with E-state index in [-0.39, 0.29) is 42.2 Å². The van der Waals surface area contributed by atoms with Crippen molar-refractivity contribution in [3.63, 3.8) is 0 Å². The highest BCUT2D eigenvalue weighted by Crippen LogP contribution is 2.07. The van der Waals surface area contributed by atoms with Gasteiger partial charge in [0.1, 0.15) is 0 Å². The summed E-state index contributed by atoms with van der Waals surface area (Å²) in [7, 11) is 0. The van der Waals surface area contributed by atoms with Crippen molar-refractivity contribution < 1.29 is 4.79 Å². The minimum absolute atomic E-state index is 0. The van der Waals surface area contributed by atoms with Crippen LogP contribution in [-0.4, -0.2) is 24.0 Å². The van der Waals surface area contributed by atoms with Crippen molar-refractivity contribution in [1.29, 1.82) is 0 Å². The topological polar surface area (TPSA) is 74.0 Å². The summed E-state index contributed by atoms with van der Waals surface area (Å²) in [6, 6.07) is 3.17. The van der Waals surface area contributed by atoms with Gasteiger partial charge in [-0.05, 0) is 18.5 Å². The number of aromatic amines is 1. The van der Waals surface area contributed by atoms with Crippen molar-refractivity contribution in [2.45, 2.75) is 13.0 Å². The molecule has 0 aromatic carbocycles. The number of nitrogens with one attached hydrogen (secondary N) is 3. The SMILES string of the molecule is Cl.Cl.O=C(NCc1ccc(=O)[nH]c1)C1CCNC1. The molecule has 0 aliphatic carbocycles. The van der Waals surface area contributed by atoms with E-state index in [0.717, 1.165) is 25.1 Å². The van der Waals surface area contributed by atoms with Crippen molar-refractivity contribution >= 4 is 30.7 Å². The molecule has 0 spiro atoms. The van der Waals surface area contributed by atoms with Crippen LogP contribution in [-0.2, 0) is 11.3 Å². The van der Waals surface area contributed by atoms with Gasteiger partial charge in [0.05, 0.1) is 5.92 Å². The summed E-state index contributed by atoms with van der Waals surface area (Å²) in [4.78, 5) is 25.1. The highest BCUT2D eigenvalue weighted by Gasteiger charge is 2.21. The average molecular weight is 294 g/mol. The first-order valence-corrected chi connectivity index (χ1v) is 5.42. The molecule has 102 valence electrons. The lowest BCUT2D eigenvalue weighted by Gasteiger charge is -2.09. The van der Waals surface area contributed by atoms with Gasteiger partial charge in [0.25, 0.3) is 0 Å². The van der Waals surface area contributed by atoms with E-state index >= 15 is 0 Å². The molecule has 1 amide bonds. The van der Waals surface area contributed by atoms with Crippen molar-refractivity contribution in [2.75, 3.05) is 13.1 Å². The van der Waals surface area contributed by atoms with Crippen molar-refractivity contribution in [3.05, 3.63) is 34.2 Å². The molecule has 5 nitrogen and oxygen atoms in total. The molecule has 0 bridgehead atoms. The predicted octanol–water partition coefficient (Wildman–Crippen LogP) is 0.444. The largest absolute Gasteiger partial charge is 0.352 e. The number of rotatable bonds is 3. The Morgan fingerprint density at radius 1 is 1.39 bits per heavy atom. The Morgan fingerprint density at radius 3 is 2.72 bits per heavy atom. The smallest absolute Gasteiger partial charge is 0.247 e. The Bertz CT molecular complexity index is 410. The maximum absolute atomic E-state index is 11.7. The van der Waals surface area contributed by atoms with Crippen molar-refractivity contribution in [1.82, 2.24) is 15.6 Å². The summed E-state index contributed by atoms with van der Waals surface area (Å²) >= 11 is 0. The van der Waals surface area contributed by atoms with Gasteiger partial charge < -0.3 is 15.6 Å². The van der Waals surface area contributed by atoms with Gasteiger partial charge in [0.2, 0.25) is 11.5 Å². The number of amides is 1. The molecule has 1 aliphatic heterocycles. The summed E-state index contributed by atoms with van der Waals surface area (Å²) in [5.74, 6) is 0.166. The number of halogens is 2. The standard InChI is InChI=1S/C11H15N3O2.2ClH/c15-10-2-1-8(5-13-10)6-14-11(16)9-3-4-12-7-9;;/h1-2,5,9,12H,3-4,6-7H2,(H,13,15)(H,14,16);2*1H. The molecular weight excluding hydrogens is 277 g/mol. The monoisotopic (exact) mass is 293 g/mol. The molecule has 18 heavy (non-hydrogen) atoms. The maximum atomic E-state index is 11.7. The first kappa shape index (κ1) is 17.0. The lowest BCUT2D eigenvalue weighted by atomic mass is 10.1. The quantitative estimate of drug-likeness (QED) is 0.757. The van der Waals surface area contributed by atoms with E-state index in [1.54, 1.807) is 12.3 Å². The molecular formula is C11H17Cl2N3O2. The summed E-state index contributed by atoms with van der Waals surface area (Å²) in [5.41, 5.74) is 0.772. The Balaban J connectivity index is 0.00000144. The third kappa shape index (κ3) is 4.68. The normalized spacial score (nSPS) is 17.4. The second-order valence-corrected chi connectivity index (χ2v) is 3.97. The minimum atomic E-state index is -0.130. The molecule has 1 fully saturated rings. The third-order valence-electron chi connectivity index (χ3n) is 2.75. The van der Waals surface area contributed by atoms with Gasteiger partial charge >= 0.3 is 0 Å². The van der Waals surface area contributed by atoms with Gasteiger partial charge in [0.15, 0.2) is 0 Å². The first-order valence-electron chi connectivity index (χ1n) is 5.42. The molecule has 3 N–H and O–H groups in total. The molecule has 7 heteroatoms. The van der Waals surface area contributed by atoms with E-state index in [4.69, 9.17) is 0 Å². The molecule has 1 atom stereocenters. The van der Waals surface area contributed by atoms with Crippen LogP contribution in [0.2, 0.25) is 0 Å². The number of hydrogen-bond donors (Lipinski definition) is 3. The van der Waals surface area contributed by atoms with Crippen LogP contribution in [0, 0.1) is 5.92 Å². The van der Waals surface area contributed by atoms with Gasteiger partial charge in [-0.15, -0.1) is 24.8 Å². The van der Waals surface area contributed by atoms with Crippen LogP contribution in [0.25, 0.3) is 0 Å². The van der Waals surface area contributed by atoms with E-state index in [0.29, 0.717) is 6.54 Å². The maximum Gasteiger partial charge on any atom is 0.247 e. The van der Waals surface area contributed by atoms with Crippen LogP contribution in [0.15, 0.2) is 23.1 Å². The van der Waals surface area contributed by atoms with Crippen LogP contribution < -0.4 is 16.2 Å². The number of carbonyl (C=O) groups is 1. The first-order chi connectivity index (χ1) is 7.75. The van der Waals surface area contributed by atoms with Gasteiger partial charge in [-0.3, -0.25) is 9.59 Å². The van der Waals surface area contributed by atoms with Crippen LogP contribution in [0.3, 0.4) is 0 Å². The molecule has 1 aromatic rings. The van der Waals surface area contributed by atoms with Crippen LogP contribution >= 0.6 is 24.8 Å². The summed E-state index contributed by atoms with van der Waals surface area (Å²) in [6.45, 7) is 2.14. The van der Waals surface area contributed by atoms with E-state index in [9.17, 15) is 9.59 Å². The van der Waals surface area contributed by atoms with Crippen LogP contribution in [0.4, 0.5) is 0 Å². The molecule has 1 unspecified atom stereocenters. The minimum Gasteiger partial charge on any atom is -0.352 e. The Kier molecular flexibility index (Phi) is 7.66. The molecule has 0 radical (unpaired) electrons. The van der Waals surface area contributed by atoms with E-state index in [1.165, 1.54) is 6.07 Å². The third-order valence-corrected chi connectivity index (χ3v) is 2.75. The number of carbonyl (C=O) groups excluding carboxylic acids is 1. The molecule has 1 aromatic heterocycles. The highest BCUT2D eigenvalue weighted by atomic mass is 35.5. The van der Waals surface area contributed by atoms with E-state index < -0.39 is 0 Å². The number of pyridine rings is 1. The van der Waals surface area contributed by atoms with Crippen molar-refractivity contribution in [2.24, 2.45) is 5.92 Å². The molecule has 0 saturated carbocycles. The van der Waals surface area contributed by atoms with Gasteiger partial charge in [-0.2, -0.15) is 0 Å². The number of H-pyrrole nitrogens is 1. The van der Waals surface area contributed by atoms with Gasteiger partial charge in [-0.25, -0.2) is 0 Å². The molecule has 2 rings (SSSR count). The van der Waals surface area contributed by atoms with E-state index in [1.807, 2.05) is 0 Å².